The summed E-state index contributed by atoms with van der Waals surface area (Å²) in [6.07, 6.45) is -0.0857. The summed E-state index contributed by atoms with van der Waals surface area (Å²) in [4.78, 5) is 13.9. The van der Waals surface area contributed by atoms with Gasteiger partial charge in [0.25, 0.3) is 0 Å². The predicted octanol–water partition coefficient (Wildman–Crippen LogP) is 1.77. The largest absolute Gasteiger partial charge is 0.489 e. The summed E-state index contributed by atoms with van der Waals surface area (Å²) in [6.45, 7) is 5.76. The number of nitrogens with one attached hydrogen (secondary N) is 1. The smallest absolute Gasteiger partial charge is 0.246 e. The van der Waals surface area contributed by atoms with Crippen LogP contribution in [0.4, 0.5) is 0 Å². The molecule has 0 radical (unpaired) electrons. The average molecular weight is 338 g/mol. The van der Waals surface area contributed by atoms with E-state index in [2.05, 4.69) is 22.3 Å². The molecule has 0 spiro atoms. The minimum atomic E-state index is -0.125. The Balaban J connectivity index is 1.80. The molecule has 1 aliphatic rings. The zero-order valence-electron chi connectivity index (χ0n) is 13.9. The summed E-state index contributed by atoms with van der Waals surface area (Å²) in [7, 11) is 1.51. The molecule has 2 rings (SSSR count). The van der Waals surface area contributed by atoms with Crippen LogP contribution in [0.2, 0.25) is 0 Å². The number of ether oxygens (including phenoxy) is 2. The van der Waals surface area contributed by atoms with Crippen LogP contribution in [0.3, 0.4) is 0 Å². The molecule has 1 fully saturated rings. The Morgan fingerprint density at radius 2 is 2.17 bits per heavy atom. The molecule has 1 atom stereocenters. The molecule has 0 saturated carbocycles. The second kappa shape index (κ2) is 9.80. The van der Waals surface area contributed by atoms with Crippen LogP contribution in [-0.4, -0.2) is 61.8 Å². The Morgan fingerprint density at radius 3 is 2.91 bits per heavy atom. The molecule has 0 bridgehead atoms. The maximum absolute atomic E-state index is 11.4. The topological polar surface area (TPSA) is 50.8 Å². The maximum atomic E-state index is 11.4. The second-order valence-corrected chi connectivity index (χ2v) is 6.93. The van der Waals surface area contributed by atoms with Gasteiger partial charge in [0.2, 0.25) is 5.91 Å². The summed E-state index contributed by atoms with van der Waals surface area (Å²) in [5.74, 6) is 3.16. The van der Waals surface area contributed by atoms with Crippen molar-refractivity contribution < 1.29 is 14.3 Å². The van der Waals surface area contributed by atoms with Gasteiger partial charge in [-0.1, -0.05) is 12.1 Å². The summed E-state index contributed by atoms with van der Waals surface area (Å²) in [5.41, 5.74) is 1.27. The molecule has 1 heterocycles. The van der Waals surface area contributed by atoms with Crippen LogP contribution in [0.1, 0.15) is 12.5 Å². The van der Waals surface area contributed by atoms with Gasteiger partial charge in [-0.05, 0) is 24.6 Å². The number of rotatable bonds is 8. The Bertz CT molecular complexity index is 492. The van der Waals surface area contributed by atoms with Crippen LogP contribution in [-0.2, 0) is 16.1 Å². The van der Waals surface area contributed by atoms with Crippen molar-refractivity contribution in [2.45, 2.75) is 19.6 Å². The zero-order valence-corrected chi connectivity index (χ0v) is 14.7. The number of nitrogens with zero attached hydrogens (tertiary/aromatic N) is 1. The van der Waals surface area contributed by atoms with Crippen molar-refractivity contribution in [3.8, 4) is 5.75 Å². The molecule has 1 saturated heterocycles. The fourth-order valence-electron chi connectivity index (χ4n) is 2.45. The number of thioether (sulfide) groups is 1. The Hall–Kier alpha value is -1.24. The van der Waals surface area contributed by atoms with E-state index in [1.165, 1.54) is 24.2 Å². The number of hydrogen-bond acceptors (Lipinski definition) is 5. The van der Waals surface area contributed by atoms with Crippen molar-refractivity contribution in [2.75, 3.05) is 44.9 Å². The summed E-state index contributed by atoms with van der Waals surface area (Å²) in [5, 5.41) is 2.78. The van der Waals surface area contributed by atoms with Gasteiger partial charge in [-0.3, -0.25) is 9.69 Å². The molecular weight excluding hydrogens is 312 g/mol. The first-order chi connectivity index (χ1) is 11.2. The molecule has 1 aromatic rings. The molecule has 1 amide bonds. The molecular formula is C17H26N2O3S. The van der Waals surface area contributed by atoms with E-state index in [-0.39, 0.29) is 18.6 Å². The fourth-order valence-corrected chi connectivity index (χ4v) is 3.43. The van der Waals surface area contributed by atoms with Crippen LogP contribution in [0, 0.1) is 0 Å². The lowest BCUT2D eigenvalue weighted by Crippen LogP contribution is -2.35. The van der Waals surface area contributed by atoms with Gasteiger partial charge >= 0.3 is 0 Å². The van der Waals surface area contributed by atoms with Crippen LogP contribution >= 0.6 is 11.8 Å². The Morgan fingerprint density at radius 1 is 1.39 bits per heavy atom. The van der Waals surface area contributed by atoms with Gasteiger partial charge in [-0.15, -0.1) is 0 Å². The van der Waals surface area contributed by atoms with E-state index in [0.717, 1.165) is 25.4 Å². The lowest BCUT2D eigenvalue weighted by atomic mass is 10.2. The third-order valence-electron chi connectivity index (χ3n) is 3.61. The highest BCUT2D eigenvalue weighted by Crippen LogP contribution is 2.18. The van der Waals surface area contributed by atoms with Gasteiger partial charge in [-0.25, -0.2) is 0 Å². The molecule has 0 aromatic heterocycles. The van der Waals surface area contributed by atoms with E-state index < -0.39 is 0 Å². The second-order valence-electron chi connectivity index (χ2n) is 5.70. The van der Waals surface area contributed by atoms with Crippen molar-refractivity contribution in [1.29, 1.82) is 0 Å². The monoisotopic (exact) mass is 338 g/mol. The normalized spacial score (nSPS) is 16.8. The van der Waals surface area contributed by atoms with Gasteiger partial charge in [0, 0.05) is 38.2 Å². The van der Waals surface area contributed by atoms with Crippen molar-refractivity contribution in [2.24, 2.45) is 0 Å². The molecule has 128 valence electrons. The van der Waals surface area contributed by atoms with Crippen molar-refractivity contribution in [3.05, 3.63) is 29.8 Å². The summed E-state index contributed by atoms with van der Waals surface area (Å²) < 4.78 is 10.7. The molecule has 6 heteroatoms. The SMILES string of the molecule is COCC(=O)NCC(C)Oc1cccc(CN2CCSCC2)c1. The molecule has 1 N–H and O–H groups in total. The highest BCUT2D eigenvalue weighted by atomic mass is 32.2. The minimum absolute atomic E-state index is 0.0797. The van der Waals surface area contributed by atoms with E-state index in [1.807, 2.05) is 30.8 Å². The van der Waals surface area contributed by atoms with E-state index in [4.69, 9.17) is 9.47 Å². The molecule has 0 aliphatic carbocycles. The predicted molar refractivity (Wildman–Crippen MR) is 94.0 cm³/mol. The van der Waals surface area contributed by atoms with Crippen molar-refractivity contribution in [3.63, 3.8) is 0 Å². The van der Waals surface area contributed by atoms with Gasteiger partial charge in [-0.2, -0.15) is 11.8 Å². The maximum Gasteiger partial charge on any atom is 0.246 e. The van der Waals surface area contributed by atoms with E-state index in [9.17, 15) is 4.79 Å². The standard InChI is InChI=1S/C17H26N2O3S/c1-14(11-18-17(20)13-21-2)22-16-5-3-4-15(10-16)12-19-6-8-23-9-7-19/h3-5,10,14H,6-9,11-13H2,1-2H3,(H,18,20). The van der Waals surface area contributed by atoms with Crippen LogP contribution in [0.5, 0.6) is 5.75 Å². The molecule has 23 heavy (non-hydrogen) atoms. The number of carbonyl (C=O) groups is 1. The van der Waals surface area contributed by atoms with Crippen molar-refractivity contribution >= 4 is 17.7 Å². The average Bonchev–Trinajstić information content (AvgIpc) is 2.55. The van der Waals surface area contributed by atoms with E-state index in [0.29, 0.717) is 6.54 Å². The molecule has 5 nitrogen and oxygen atoms in total. The number of hydrogen-bond donors (Lipinski definition) is 1. The van der Waals surface area contributed by atoms with Gasteiger partial charge < -0.3 is 14.8 Å². The van der Waals surface area contributed by atoms with Gasteiger partial charge in [0.1, 0.15) is 18.5 Å². The number of methoxy groups -OCH3 is 1. The first-order valence-electron chi connectivity index (χ1n) is 7.98. The van der Waals surface area contributed by atoms with Gasteiger partial charge in [0.15, 0.2) is 0 Å². The first kappa shape index (κ1) is 18.1. The molecule has 1 aromatic carbocycles. The Labute approximate surface area is 142 Å². The number of carbonyl (C=O) groups excluding carboxylic acids is 1. The van der Waals surface area contributed by atoms with Crippen LogP contribution in [0.15, 0.2) is 24.3 Å². The number of benzene rings is 1. The summed E-state index contributed by atoms with van der Waals surface area (Å²) in [6, 6.07) is 8.22. The fraction of sp³-hybridized carbons (Fsp3) is 0.588. The summed E-state index contributed by atoms with van der Waals surface area (Å²) >= 11 is 2.02. The lowest BCUT2D eigenvalue weighted by Gasteiger charge is -2.26. The van der Waals surface area contributed by atoms with Gasteiger partial charge in [0.05, 0.1) is 6.54 Å². The highest BCUT2D eigenvalue weighted by molar-refractivity contribution is 7.99. The van der Waals surface area contributed by atoms with E-state index in [1.54, 1.807) is 0 Å². The third-order valence-corrected chi connectivity index (χ3v) is 4.55. The first-order valence-corrected chi connectivity index (χ1v) is 9.14. The minimum Gasteiger partial charge on any atom is -0.489 e. The highest BCUT2D eigenvalue weighted by Gasteiger charge is 2.12. The van der Waals surface area contributed by atoms with Crippen molar-refractivity contribution in [1.82, 2.24) is 10.2 Å². The van der Waals surface area contributed by atoms with Crippen LogP contribution < -0.4 is 10.1 Å². The zero-order chi connectivity index (χ0) is 16.5. The Kier molecular flexibility index (Phi) is 7.71. The van der Waals surface area contributed by atoms with E-state index >= 15 is 0 Å². The molecule has 1 unspecified atom stereocenters. The quantitative estimate of drug-likeness (QED) is 0.783. The third kappa shape index (κ3) is 6.81. The lowest BCUT2D eigenvalue weighted by molar-refractivity contribution is -0.125. The molecule has 1 aliphatic heterocycles. The number of amides is 1. The van der Waals surface area contributed by atoms with Crippen LogP contribution in [0.25, 0.3) is 0 Å².